The molecule has 20 heavy (non-hydrogen) atoms. The van der Waals surface area contributed by atoms with E-state index in [0.29, 0.717) is 13.2 Å². The zero-order chi connectivity index (χ0) is 14.1. The molecule has 0 aromatic carbocycles. The van der Waals surface area contributed by atoms with E-state index in [2.05, 4.69) is 16.8 Å². The molecule has 2 aliphatic heterocycles. The van der Waals surface area contributed by atoms with Gasteiger partial charge in [-0.2, -0.15) is 0 Å². The summed E-state index contributed by atoms with van der Waals surface area (Å²) in [7, 11) is 0. The minimum absolute atomic E-state index is 0.0296. The smallest absolute Gasteiger partial charge is 0.245 e. The lowest BCUT2D eigenvalue weighted by Crippen LogP contribution is -2.49. The van der Waals surface area contributed by atoms with E-state index >= 15 is 0 Å². The minimum Gasteiger partial charge on any atom is -0.378 e. The number of carbonyl (C=O) groups excluding carboxylic acids is 1. The van der Waals surface area contributed by atoms with Gasteiger partial charge >= 0.3 is 0 Å². The van der Waals surface area contributed by atoms with Gasteiger partial charge in [0, 0.05) is 24.5 Å². The average Bonchev–Trinajstić information content (AvgIpc) is 3.06. The Bertz CT molecular complexity index is 477. The van der Waals surface area contributed by atoms with Gasteiger partial charge in [-0.05, 0) is 26.7 Å². The lowest BCUT2D eigenvalue weighted by molar-refractivity contribution is -0.136. The predicted molar refractivity (Wildman–Crippen MR) is 79.4 cm³/mol. The van der Waals surface area contributed by atoms with Crippen LogP contribution in [-0.4, -0.2) is 54.7 Å². The number of rotatable bonds is 2. The van der Waals surface area contributed by atoms with Crippen molar-refractivity contribution in [3.8, 4) is 0 Å². The molecule has 0 spiro atoms. The maximum absolute atomic E-state index is 12.7. The highest BCUT2D eigenvalue weighted by Crippen LogP contribution is 2.31. The van der Waals surface area contributed by atoms with Crippen LogP contribution in [0.15, 0.2) is 0 Å². The number of hydrogen-bond donors (Lipinski definition) is 0. The Morgan fingerprint density at radius 3 is 2.70 bits per heavy atom. The lowest BCUT2D eigenvalue weighted by Gasteiger charge is -2.32. The quantitative estimate of drug-likeness (QED) is 0.831. The van der Waals surface area contributed by atoms with Crippen molar-refractivity contribution in [2.24, 2.45) is 0 Å². The van der Waals surface area contributed by atoms with Crippen LogP contribution in [0.4, 0.5) is 5.13 Å². The van der Waals surface area contributed by atoms with Crippen LogP contribution in [0.25, 0.3) is 0 Å². The third kappa shape index (κ3) is 2.54. The van der Waals surface area contributed by atoms with Crippen molar-refractivity contribution in [2.45, 2.75) is 32.7 Å². The number of aryl methyl sites for hydroxylation is 2. The Kier molecular flexibility index (Phi) is 3.94. The van der Waals surface area contributed by atoms with E-state index in [1.54, 1.807) is 11.3 Å². The van der Waals surface area contributed by atoms with E-state index < -0.39 is 0 Å². The Morgan fingerprint density at radius 1 is 1.30 bits per heavy atom. The summed E-state index contributed by atoms with van der Waals surface area (Å²) >= 11 is 1.70. The monoisotopic (exact) mass is 295 g/mol. The number of hydrogen-bond acceptors (Lipinski definition) is 5. The second kappa shape index (κ2) is 5.69. The molecular formula is C14H21N3O2S. The molecule has 0 unspecified atom stereocenters. The van der Waals surface area contributed by atoms with Gasteiger partial charge in [0.25, 0.3) is 0 Å². The Balaban J connectivity index is 1.76. The molecule has 110 valence electrons. The average molecular weight is 295 g/mol. The topological polar surface area (TPSA) is 45.7 Å². The van der Waals surface area contributed by atoms with Crippen LogP contribution in [-0.2, 0) is 9.53 Å². The number of nitrogens with zero attached hydrogens (tertiary/aromatic N) is 3. The van der Waals surface area contributed by atoms with Gasteiger partial charge in [-0.15, -0.1) is 11.3 Å². The molecule has 0 N–H and O–H groups in total. The van der Waals surface area contributed by atoms with E-state index in [4.69, 9.17) is 4.74 Å². The third-order valence-electron chi connectivity index (χ3n) is 4.12. The van der Waals surface area contributed by atoms with Gasteiger partial charge < -0.3 is 14.5 Å². The molecule has 1 amide bonds. The molecule has 0 saturated carbocycles. The maximum atomic E-state index is 12.7. The molecule has 2 saturated heterocycles. The fourth-order valence-electron chi connectivity index (χ4n) is 2.83. The fourth-order valence-corrected chi connectivity index (χ4v) is 3.81. The summed E-state index contributed by atoms with van der Waals surface area (Å²) in [6, 6.07) is -0.0296. The molecule has 1 aromatic heterocycles. The Labute approximate surface area is 123 Å². The summed E-state index contributed by atoms with van der Waals surface area (Å²) in [4.78, 5) is 22.7. The number of anilines is 1. The molecule has 0 bridgehead atoms. The van der Waals surface area contributed by atoms with Crippen LogP contribution in [0, 0.1) is 13.8 Å². The predicted octanol–water partition coefficient (Wildman–Crippen LogP) is 1.59. The van der Waals surface area contributed by atoms with Crippen molar-refractivity contribution in [3.63, 3.8) is 0 Å². The van der Waals surface area contributed by atoms with Crippen LogP contribution in [0.5, 0.6) is 0 Å². The number of aromatic nitrogens is 1. The molecule has 1 atom stereocenters. The van der Waals surface area contributed by atoms with Crippen molar-refractivity contribution in [3.05, 3.63) is 10.6 Å². The summed E-state index contributed by atoms with van der Waals surface area (Å²) in [6.45, 7) is 7.82. The van der Waals surface area contributed by atoms with Crippen LogP contribution in [0.3, 0.4) is 0 Å². The Morgan fingerprint density at radius 2 is 2.05 bits per heavy atom. The number of carbonyl (C=O) groups is 1. The number of morpholine rings is 1. The first kappa shape index (κ1) is 13.8. The van der Waals surface area contributed by atoms with Gasteiger partial charge in [0.2, 0.25) is 5.91 Å². The first-order valence-electron chi connectivity index (χ1n) is 7.24. The molecule has 2 aliphatic rings. The van der Waals surface area contributed by atoms with Gasteiger partial charge in [-0.3, -0.25) is 4.79 Å². The van der Waals surface area contributed by atoms with E-state index in [1.807, 2.05) is 11.8 Å². The SMILES string of the molecule is Cc1nc(N2CCC[C@@H]2C(=O)N2CCOCC2)sc1C. The van der Waals surface area contributed by atoms with Gasteiger partial charge in [-0.1, -0.05) is 0 Å². The first-order valence-corrected chi connectivity index (χ1v) is 8.05. The van der Waals surface area contributed by atoms with Gasteiger partial charge in [0.1, 0.15) is 6.04 Å². The molecule has 0 radical (unpaired) electrons. The summed E-state index contributed by atoms with van der Waals surface area (Å²) in [5.41, 5.74) is 1.08. The number of amides is 1. The number of thiazole rings is 1. The van der Waals surface area contributed by atoms with Crippen LogP contribution in [0.2, 0.25) is 0 Å². The summed E-state index contributed by atoms with van der Waals surface area (Å²) in [5.74, 6) is 0.247. The summed E-state index contributed by atoms with van der Waals surface area (Å²) in [5, 5.41) is 1.00. The van der Waals surface area contributed by atoms with E-state index in [9.17, 15) is 4.79 Å². The molecule has 1 aromatic rings. The van der Waals surface area contributed by atoms with E-state index in [0.717, 1.165) is 43.3 Å². The number of ether oxygens (including phenoxy) is 1. The first-order chi connectivity index (χ1) is 9.66. The largest absolute Gasteiger partial charge is 0.378 e. The highest BCUT2D eigenvalue weighted by atomic mass is 32.1. The van der Waals surface area contributed by atoms with Gasteiger partial charge in [0.05, 0.1) is 18.9 Å². The van der Waals surface area contributed by atoms with Crippen molar-refractivity contribution >= 4 is 22.4 Å². The second-order valence-corrected chi connectivity index (χ2v) is 6.61. The standard InChI is InChI=1S/C14H21N3O2S/c1-10-11(2)20-14(15-10)17-5-3-4-12(17)13(18)16-6-8-19-9-7-16/h12H,3-9H2,1-2H3/t12-/m1/s1. The van der Waals surface area contributed by atoms with Gasteiger partial charge in [0.15, 0.2) is 5.13 Å². The van der Waals surface area contributed by atoms with Crippen molar-refractivity contribution in [1.82, 2.24) is 9.88 Å². The normalized spacial score (nSPS) is 23.4. The zero-order valence-corrected chi connectivity index (χ0v) is 12.9. The van der Waals surface area contributed by atoms with Crippen LogP contribution < -0.4 is 4.90 Å². The highest BCUT2D eigenvalue weighted by Gasteiger charge is 2.35. The van der Waals surface area contributed by atoms with Crippen molar-refractivity contribution in [2.75, 3.05) is 37.7 Å². The summed E-state index contributed by atoms with van der Waals surface area (Å²) < 4.78 is 5.33. The maximum Gasteiger partial charge on any atom is 0.245 e. The van der Waals surface area contributed by atoms with Crippen LogP contribution in [0.1, 0.15) is 23.4 Å². The molecule has 5 nitrogen and oxygen atoms in total. The fraction of sp³-hybridized carbons (Fsp3) is 0.714. The molecule has 2 fully saturated rings. The Hall–Kier alpha value is -1.14. The molecular weight excluding hydrogens is 274 g/mol. The van der Waals surface area contributed by atoms with E-state index in [1.165, 1.54) is 4.88 Å². The van der Waals surface area contributed by atoms with Gasteiger partial charge in [-0.25, -0.2) is 4.98 Å². The highest BCUT2D eigenvalue weighted by molar-refractivity contribution is 7.15. The minimum atomic E-state index is -0.0296. The molecule has 6 heteroatoms. The van der Waals surface area contributed by atoms with Crippen molar-refractivity contribution in [1.29, 1.82) is 0 Å². The third-order valence-corrected chi connectivity index (χ3v) is 5.23. The molecule has 3 heterocycles. The second-order valence-electron chi connectivity index (χ2n) is 5.43. The van der Waals surface area contributed by atoms with E-state index in [-0.39, 0.29) is 11.9 Å². The molecule has 3 rings (SSSR count). The lowest BCUT2D eigenvalue weighted by atomic mass is 10.2. The zero-order valence-electron chi connectivity index (χ0n) is 12.1. The summed E-state index contributed by atoms with van der Waals surface area (Å²) in [6.07, 6.45) is 2.01. The molecule has 0 aliphatic carbocycles. The van der Waals surface area contributed by atoms with Crippen molar-refractivity contribution < 1.29 is 9.53 Å². The van der Waals surface area contributed by atoms with Crippen LogP contribution >= 0.6 is 11.3 Å².